The number of rotatable bonds is 12. The highest BCUT2D eigenvalue weighted by Gasteiger charge is 2.59. The molecule has 0 spiro atoms. The van der Waals surface area contributed by atoms with E-state index in [0.29, 0.717) is 25.2 Å². The Morgan fingerprint density at radius 3 is 2.38 bits per heavy atom. The van der Waals surface area contributed by atoms with E-state index in [2.05, 4.69) is 17.1 Å². The fourth-order valence-corrected chi connectivity index (χ4v) is 8.29. The SMILES string of the molecule is C=CCNCCC(=O)O[C@H]1[C@H](C)[C@@H](O[C@@H]2O[C@H](C)C[C@H](N(C)C)[C@H]2O)[C@](C)(OC)C[C@@H](C)/C(=N\OC)[C@H](C)[C@H]2OC(=O)O[C@]2(C)[C@@H](CC)OC(=O)[C@@H]1C. The van der Waals surface area contributed by atoms with Gasteiger partial charge < -0.3 is 53.3 Å². The van der Waals surface area contributed by atoms with Crippen molar-refractivity contribution in [2.24, 2.45) is 28.8 Å². The Bertz CT molecular complexity index is 1280. The molecule has 3 saturated heterocycles. The van der Waals surface area contributed by atoms with E-state index in [1.54, 1.807) is 27.0 Å². The Hall–Kier alpha value is -2.82. The molecular formula is C38H65N3O12. The van der Waals surface area contributed by atoms with Crippen LogP contribution in [0.1, 0.15) is 81.1 Å². The van der Waals surface area contributed by atoms with Gasteiger partial charge in [0.2, 0.25) is 0 Å². The molecule has 0 aromatic rings. The Morgan fingerprint density at radius 1 is 1.11 bits per heavy atom. The van der Waals surface area contributed by atoms with E-state index >= 15 is 0 Å². The molecule has 53 heavy (non-hydrogen) atoms. The fourth-order valence-electron chi connectivity index (χ4n) is 8.29. The average molecular weight is 756 g/mol. The standard InChI is InChI=1S/C38H65N3O12/c1-14-17-39-18-16-28(42)50-31-24(6)32(51-35-30(43)26(41(10)11)19-22(4)48-35)37(8,46-12)20-21(3)29(40-47-13)23(5)33-38(9,53-36(45)52-33)27(15-2)49-34(44)25(31)7/h14,21-27,30-33,35,39,43H,1,15-20H2,2-13H3/b40-29+/t21-,22-,23+,24+,25-,26+,27-,30-,31+,32-,33-,35+,37-,38-/m1/s1. The number of likely N-dealkylation sites (N-methyl/N-ethyl adjacent to an activating group) is 1. The third kappa shape index (κ3) is 10.3. The number of hydrogen-bond donors (Lipinski definition) is 2. The molecule has 3 aliphatic heterocycles. The molecule has 0 amide bonds. The lowest BCUT2D eigenvalue weighted by atomic mass is 9.73. The zero-order valence-electron chi connectivity index (χ0n) is 33.8. The Labute approximate surface area is 315 Å². The summed E-state index contributed by atoms with van der Waals surface area (Å²) in [5.41, 5.74) is -2.02. The second kappa shape index (κ2) is 19.2. The molecule has 15 nitrogen and oxygen atoms in total. The monoisotopic (exact) mass is 755 g/mol. The van der Waals surface area contributed by atoms with Gasteiger partial charge in [0.05, 0.1) is 35.9 Å². The van der Waals surface area contributed by atoms with Crippen LogP contribution in [0.15, 0.2) is 17.8 Å². The number of esters is 2. The number of methoxy groups -OCH3 is 1. The normalized spacial score (nSPS) is 40.8. The van der Waals surface area contributed by atoms with E-state index in [-0.39, 0.29) is 37.3 Å². The molecule has 0 bridgehead atoms. The van der Waals surface area contributed by atoms with Gasteiger partial charge in [-0.25, -0.2) is 4.79 Å². The first-order chi connectivity index (χ1) is 24.9. The molecular weight excluding hydrogens is 690 g/mol. The minimum absolute atomic E-state index is 0.0226. The van der Waals surface area contributed by atoms with Crippen LogP contribution in [0.2, 0.25) is 0 Å². The van der Waals surface area contributed by atoms with Crippen LogP contribution in [0.4, 0.5) is 4.79 Å². The molecule has 0 aromatic carbocycles. The molecule has 3 rings (SSSR count). The number of hydrogen-bond acceptors (Lipinski definition) is 15. The molecule has 15 heteroatoms. The zero-order valence-corrected chi connectivity index (χ0v) is 33.8. The Balaban J connectivity index is 2.23. The van der Waals surface area contributed by atoms with Gasteiger partial charge in [0.1, 0.15) is 25.4 Å². The van der Waals surface area contributed by atoms with Crippen LogP contribution in [0, 0.1) is 23.7 Å². The van der Waals surface area contributed by atoms with Crippen LogP contribution < -0.4 is 5.32 Å². The van der Waals surface area contributed by atoms with E-state index in [1.165, 1.54) is 7.11 Å². The Morgan fingerprint density at radius 2 is 1.79 bits per heavy atom. The summed E-state index contributed by atoms with van der Waals surface area (Å²) >= 11 is 0. The van der Waals surface area contributed by atoms with Crippen molar-refractivity contribution in [1.29, 1.82) is 0 Å². The third-order valence-corrected chi connectivity index (χ3v) is 11.2. The topological polar surface area (TPSA) is 173 Å². The summed E-state index contributed by atoms with van der Waals surface area (Å²) < 4.78 is 43.4. The summed E-state index contributed by atoms with van der Waals surface area (Å²) in [5, 5.41) is 19.1. The van der Waals surface area contributed by atoms with Crippen molar-refractivity contribution >= 4 is 23.8 Å². The van der Waals surface area contributed by atoms with Gasteiger partial charge in [0.25, 0.3) is 0 Å². The summed E-state index contributed by atoms with van der Waals surface area (Å²) in [5.74, 6) is -3.90. The predicted molar refractivity (Wildman–Crippen MR) is 196 cm³/mol. The second-order valence-electron chi connectivity index (χ2n) is 15.5. The number of carbonyl (C=O) groups excluding carboxylic acids is 3. The van der Waals surface area contributed by atoms with Gasteiger partial charge in [-0.2, -0.15) is 0 Å². The number of fused-ring (bicyclic) bond motifs is 1. The average Bonchev–Trinajstić information content (AvgIpc) is 3.42. The lowest BCUT2D eigenvalue weighted by molar-refractivity contribution is -0.301. The molecule has 0 radical (unpaired) electrons. The molecule has 3 aliphatic rings. The van der Waals surface area contributed by atoms with Gasteiger partial charge in [-0.1, -0.05) is 38.9 Å². The van der Waals surface area contributed by atoms with Crippen LogP contribution in [-0.4, -0.2) is 135 Å². The maximum Gasteiger partial charge on any atom is 0.509 e. The highest BCUT2D eigenvalue weighted by molar-refractivity contribution is 5.89. The zero-order chi connectivity index (χ0) is 39.8. The fraction of sp³-hybridized carbons (Fsp3) is 0.842. The van der Waals surface area contributed by atoms with Crippen LogP contribution >= 0.6 is 0 Å². The quantitative estimate of drug-likeness (QED) is 0.0967. The third-order valence-electron chi connectivity index (χ3n) is 11.2. The van der Waals surface area contributed by atoms with E-state index < -0.39 is 83.9 Å². The van der Waals surface area contributed by atoms with E-state index in [9.17, 15) is 19.5 Å². The largest absolute Gasteiger partial charge is 0.509 e. The van der Waals surface area contributed by atoms with Crippen LogP contribution in [-0.2, 0) is 47.6 Å². The van der Waals surface area contributed by atoms with Crippen molar-refractivity contribution in [2.45, 2.75) is 141 Å². The lowest BCUT2D eigenvalue weighted by Crippen LogP contribution is -2.60. The molecule has 0 aromatic heterocycles. The van der Waals surface area contributed by atoms with Crippen molar-refractivity contribution < 1.29 is 57.5 Å². The number of carbonyl (C=O) groups is 3. The van der Waals surface area contributed by atoms with Crippen molar-refractivity contribution in [3.8, 4) is 0 Å². The van der Waals surface area contributed by atoms with Crippen LogP contribution in [0.25, 0.3) is 0 Å². The number of aliphatic hydroxyl groups excluding tert-OH is 1. The molecule has 3 heterocycles. The van der Waals surface area contributed by atoms with E-state index in [0.717, 1.165) is 0 Å². The number of oxime groups is 1. The van der Waals surface area contributed by atoms with Crippen molar-refractivity contribution in [1.82, 2.24) is 10.2 Å². The Kier molecular flexibility index (Phi) is 16.1. The first-order valence-corrected chi connectivity index (χ1v) is 18.8. The number of nitrogens with zero attached hydrogens (tertiary/aromatic N) is 2. The summed E-state index contributed by atoms with van der Waals surface area (Å²) in [6, 6.07) is -0.270. The predicted octanol–water partition coefficient (Wildman–Crippen LogP) is 3.85. The van der Waals surface area contributed by atoms with Crippen molar-refractivity contribution in [3.05, 3.63) is 12.7 Å². The van der Waals surface area contributed by atoms with Gasteiger partial charge in [-0.05, 0) is 61.1 Å². The number of nitrogens with one attached hydrogen (secondary N) is 1. The highest BCUT2D eigenvalue weighted by atomic mass is 16.8. The smallest absolute Gasteiger partial charge is 0.461 e. The van der Waals surface area contributed by atoms with Gasteiger partial charge in [0.15, 0.2) is 18.0 Å². The lowest BCUT2D eigenvalue weighted by Gasteiger charge is -2.48. The summed E-state index contributed by atoms with van der Waals surface area (Å²) in [6.45, 7) is 19.1. The second-order valence-corrected chi connectivity index (χ2v) is 15.5. The van der Waals surface area contributed by atoms with E-state index in [1.807, 2.05) is 60.5 Å². The highest BCUT2D eigenvalue weighted by Crippen LogP contribution is 2.43. The minimum atomic E-state index is -1.39. The van der Waals surface area contributed by atoms with Crippen molar-refractivity contribution in [2.75, 3.05) is 41.4 Å². The molecule has 0 aliphatic carbocycles. The number of cyclic esters (lactones) is 1. The number of ether oxygens (including phenoxy) is 7. The minimum Gasteiger partial charge on any atom is -0.461 e. The first kappa shape index (κ1) is 44.6. The first-order valence-electron chi connectivity index (χ1n) is 18.8. The van der Waals surface area contributed by atoms with Gasteiger partial charge in [-0.15, -0.1) is 6.58 Å². The number of aliphatic hydroxyl groups is 1. The summed E-state index contributed by atoms with van der Waals surface area (Å²) in [7, 11) is 6.77. The maximum atomic E-state index is 14.2. The molecule has 0 saturated carbocycles. The van der Waals surface area contributed by atoms with Gasteiger partial charge in [-0.3, -0.25) is 9.59 Å². The van der Waals surface area contributed by atoms with Crippen LogP contribution in [0.3, 0.4) is 0 Å². The van der Waals surface area contributed by atoms with Gasteiger partial charge in [0, 0.05) is 44.0 Å². The molecule has 3 fully saturated rings. The molecule has 14 atom stereocenters. The summed E-state index contributed by atoms with van der Waals surface area (Å²) in [4.78, 5) is 47.8. The maximum absolute atomic E-state index is 14.2. The van der Waals surface area contributed by atoms with Crippen LogP contribution in [0.5, 0.6) is 0 Å². The molecule has 304 valence electrons. The van der Waals surface area contributed by atoms with E-state index in [4.69, 9.17) is 38.0 Å². The molecule has 2 N–H and O–H groups in total. The summed E-state index contributed by atoms with van der Waals surface area (Å²) in [6.07, 6.45) is -4.28. The van der Waals surface area contributed by atoms with Gasteiger partial charge >= 0.3 is 18.1 Å². The van der Waals surface area contributed by atoms with Crippen molar-refractivity contribution in [3.63, 3.8) is 0 Å². The molecule has 0 unspecified atom stereocenters.